The Labute approximate surface area is 47.5 Å². The molecule has 0 aliphatic heterocycles. The number of rotatable bonds is 1. The second-order valence-corrected chi connectivity index (χ2v) is 1.46. The van der Waals surface area contributed by atoms with Crippen molar-refractivity contribution in [3.63, 3.8) is 0 Å². The van der Waals surface area contributed by atoms with Crippen LogP contribution in [0.5, 0.6) is 0 Å². The fraction of sp³-hybridized carbons (Fsp3) is 0.500. The minimum atomic E-state index is -0.403. The summed E-state index contributed by atoms with van der Waals surface area (Å²) < 4.78 is 0. The molecule has 0 fully saturated rings. The van der Waals surface area contributed by atoms with Crippen molar-refractivity contribution in [1.82, 2.24) is 10.2 Å². The number of urea groups is 1. The molecule has 1 N–H and O–H groups in total. The molecule has 46 valence electrons. The highest BCUT2D eigenvalue weighted by molar-refractivity contribution is 5.83. The highest BCUT2D eigenvalue weighted by atomic mass is 16.2. The van der Waals surface area contributed by atoms with Crippen molar-refractivity contribution in [2.75, 3.05) is 14.1 Å². The quantitative estimate of drug-likeness (QED) is 0.466. The number of carbonyl (C=O) groups is 2. The Kier molecular flexibility index (Phi) is 2.61. The standard InChI is InChI=1S/C4H8N2O2/c1-6(2)4(8)5-3-7/h3H,1-2H3,(H,5,7,8). The Morgan fingerprint density at radius 1 is 1.62 bits per heavy atom. The molecule has 0 spiro atoms. The largest absolute Gasteiger partial charge is 0.331 e. The van der Waals surface area contributed by atoms with Gasteiger partial charge in [-0.15, -0.1) is 0 Å². The molecule has 0 saturated heterocycles. The van der Waals surface area contributed by atoms with E-state index in [1.807, 2.05) is 5.32 Å². The van der Waals surface area contributed by atoms with Crippen molar-refractivity contribution in [3.05, 3.63) is 0 Å². The number of imide groups is 1. The van der Waals surface area contributed by atoms with Gasteiger partial charge in [-0.1, -0.05) is 0 Å². The molecule has 0 bridgehead atoms. The summed E-state index contributed by atoms with van der Waals surface area (Å²) in [5.41, 5.74) is 0. The van der Waals surface area contributed by atoms with Gasteiger partial charge in [-0.2, -0.15) is 0 Å². The third-order valence-corrected chi connectivity index (χ3v) is 0.589. The number of carbonyl (C=O) groups excluding carboxylic acids is 2. The number of hydrogen-bond acceptors (Lipinski definition) is 2. The lowest BCUT2D eigenvalue weighted by Gasteiger charge is -2.06. The maximum absolute atomic E-state index is 10.3. The molecule has 0 radical (unpaired) electrons. The Hall–Kier alpha value is -1.06. The number of amides is 3. The van der Waals surface area contributed by atoms with Gasteiger partial charge in [-0.3, -0.25) is 10.1 Å². The van der Waals surface area contributed by atoms with Crippen molar-refractivity contribution in [1.29, 1.82) is 0 Å². The van der Waals surface area contributed by atoms with Crippen LogP contribution < -0.4 is 5.32 Å². The first-order chi connectivity index (χ1) is 3.68. The maximum Gasteiger partial charge on any atom is 0.323 e. The summed E-state index contributed by atoms with van der Waals surface area (Å²) in [6.07, 6.45) is 0.350. The maximum atomic E-state index is 10.3. The molecule has 0 aromatic carbocycles. The first-order valence-electron chi connectivity index (χ1n) is 2.10. The first-order valence-corrected chi connectivity index (χ1v) is 2.10. The summed E-state index contributed by atoms with van der Waals surface area (Å²) in [7, 11) is 3.11. The van der Waals surface area contributed by atoms with E-state index in [2.05, 4.69) is 0 Å². The lowest BCUT2D eigenvalue weighted by Crippen LogP contribution is -2.33. The molecule has 3 amide bonds. The van der Waals surface area contributed by atoms with E-state index in [-0.39, 0.29) is 0 Å². The van der Waals surface area contributed by atoms with Crippen molar-refractivity contribution in [3.8, 4) is 0 Å². The van der Waals surface area contributed by atoms with Gasteiger partial charge in [0, 0.05) is 14.1 Å². The summed E-state index contributed by atoms with van der Waals surface area (Å²) in [6, 6.07) is -0.403. The lowest BCUT2D eigenvalue weighted by atomic mass is 10.8. The predicted octanol–water partition coefficient (Wildman–Crippen LogP) is -0.586. The van der Waals surface area contributed by atoms with Gasteiger partial charge in [0.2, 0.25) is 6.41 Å². The van der Waals surface area contributed by atoms with Gasteiger partial charge < -0.3 is 4.90 Å². The predicted molar refractivity (Wildman–Crippen MR) is 28.3 cm³/mol. The van der Waals surface area contributed by atoms with Crippen LogP contribution in [0.4, 0.5) is 4.79 Å². The van der Waals surface area contributed by atoms with Gasteiger partial charge in [0.1, 0.15) is 0 Å². The molecule has 8 heavy (non-hydrogen) atoms. The molecular formula is C4H8N2O2. The van der Waals surface area contributed by atoms with Gasteiger partial charge in [0.15, 0.2) is 0 Å². The Morgan fingerprint density at radius 2 is 2.12 bits per heavy atom. The summed E-state index contributed by atoms with van der Waals surface area (Å²) in [5, 5.41) is 1.95. The van der Waals surface area contributed by atoms with Crippen molar-refractivity contribution in [2.24, 2.45) is 0 Å². The molecule has 0 atom stereocenters. The van der Waals surface area contributed by atoms with Crippen LogP contribution in [-0.2, 0) is 4.79 Å². The highest BCUT2D eigenvalue weighted by Gasteiger charge is 1.97. The molecule has 0 saturated carbocycles. The molecule has 0 aromatic heterocycles. The van der Waals surface area contributed by atoms with Crippen LogP contribution in [0.1, 0.15) is 0 Å². The average Bonchev–Trinajstić information content (AvgIpc) is 1.67. The van der Waals surface area contributed by atoms with E-state index in [0.29, 0.717) is 6.41 Å². The van der Waals surface area contributed by atoms with Crippen LogP contribution in [0, 0.1) is 0 Å². The molecule has 4 heteroatoms. The molecule has 0 rings (SSSR count). The van der Waals surface area contributed by atoms with Gasteiger partial charge in [0.05, 0.1) is 0 Å². The molecule has 4 nitrogen and oxygen atoms in total. The van der Waals surface area contributed by atoms with Crippen molar-refractivity contribution >= 4 is 12.4 Å². The summed E-state index contributed by atoms with van der Waals surface area (Å²) in [6.45, 7) is 0. The van der Waals surface area contributed by atoms with Crippen LogP contribution in [0.15, 0.2) is 0 Å². The van der Waals surface area contributed by atoms with Gasteiger partial charge in [-0.05, 0) is 0 Å². The van der Waals surface area contributed by atoms with E-state index >= 15 is 0 Å². The third kappa shape index (κ3) is 2.17. The van der Waals surface area contributed by atoms with E-state index in [1.54, 1.807) is 14.1 Å². The molecule has 0 unspecified atom stereocenters. The highest BCUT2D eigenvalue weighted by Crippen LogP contribution is 1.71. The SMILES string of the molecule is CN(C)C(=O)NC=O. The second-order valence-electron chi connectivity index (χ2n) is 1.46. The van der Waals surface area contributed by atoms with E-state index < -0.39 is 6.03 Å². The Balaban J connectivity index is 3.48. The first kappa shape index (κ1) is 6.94. The molecule has 0 heterocycles. The van der Waals surface area contributed by atoms with Crippen LogP contribution >= 0.6 is 0 Å². The monoisotopic (exact) mass is 116 g/mol. The van der Waals surface area contributed by atoms with E-state index in [4.69, 9.17) is 0 Å². The lowest BCUT2D eigenvalue weighted by molar-refractivity contribution is -0.108. The second kappa shape index (κ2) is 3.01. The number of hydrogen-bond donors (Lipinski definition) is 1. The van der Waals surface area contributed by atoms with Crippen molar-refractivity contribution in [2.45, 2.75) is 0 Å². The number of nitrogens with one attached hydrogen (secondary N) is 1. The smallest absolute Gasteiger partial charge is 0.323 e. The molecule has 0 aliphatic rings. The number of nitrogens with zero attached hydrogens (tertiary/aromatic N) is 1. The van der Waals surface area contributed by atoms with Gasteiger partial charge >= 0.3 is 6.03 Å². The van der Waals surface area contributed by atoms with Crippen LogP contribution in [0.2, 0.25) is 0 Å². The van der Waals surface area contributed by atoms with Crippen LogP contribution in [0.25, 0.3) is 0 Å². The van der Waals surface area contributed by atoms with E-state index in [9.17, 15) is 9.59 Å². The minimum absolute atomic E-state index is 0.350. The zero-order chi connectivity index (χ0) is 6.57. The van der Waals surface area contributed by atoms with Crippen molar-refractivity contribution < 1.29 is 9.59 Å². The Morgan fingerprint density at radius 3 is 2.25 bits per heavy atom. The van der Waals surface area contributed by atoms with Crippen LogP contribution in [-0.4, -0.2) is 31.4 Å². The fourth-order valence-corrected chi connectivity index (χ4v) is 0.180. The summed E-state index contributed by atoms with van der Waals surface area (Å²) in [5.74, 6) is 0. The van der Waals surface area contributed by atoms with Crippen LogP contribution in [0.3, 0.4) is 0 Å². The molecular weight excluding hydrogens is 108 g/mol. The molecule has 0 aliphatic carbocycles. The van der Waals surface area contributed by atoms with Gasteiger partial charge in [0.25, 0.3) is 0 Å². The average molecular weight is 116 g/mol. The van der Waals surface area contributed by atoms with Gasteiger partial charge in [-0.25, -0.2) is 4.79 Å². The van der Waals surface area contributed by atoms with E-state index in [1.165, 1.54) is 4.90 Å². The summed E-state index contributed by atoms with van der Waals surface area (Å²) >= 11 is 0. The van der Waals surface area contributed by atoms with E-state index in [0.717, 1.165) is 0 Å². The Bertz CT molecular complexity index is 100. The topological polar surface area (TPSA) is 49.4 Å². The minimum Gasteiger partial charge on any atom is -0.331 e. The zero-order valence-electron chi connectivity index (χ0n) is 4.84. The summed E-state index contributed by atoms with van der Waals surface area (Å²) in [4.78, 5) is 21.2. The molecule has 0 aromatic rings. The third-order valence-electron chi connectivity index (χ3n) is 0.589. The normalized spacial score (nSPS) is 7.75. The zero-order valence-corrected chi connectivity index (χ0v) is 4.84. The fourth-order valence-electron chi connectivity index (χ4n) is 0.180.